The van der Waals surface area contributed by atoms with Crippen LogP contribution in [0.25, 0.3) is 0 Å². The smallest absolute Gasteiger partial charge is 0.331 e. The molecule has 0 fully saturated rings. The molecule has 0 saturated heterocycles. The number of carbonyl (C=O) groups is 2. The summed E-state index contributed by atoms with van der Waals surface area (Å²) < 4.78 is 36.0. The molecule has 0 aliphatic rings. The van der Waals surface area contributed by atoms with Gasteiger partial charge < -0.3 is 19.9 Å². The molecule has 25 heavy (non-hydrogen) atoms. The van der Waals surface area contributed by atoms with Crippen LogP contribution in [0.3, 0.4) is 0 Å². The van der Waals surface area contributed by atoms with Gasteiger partial charge in [0.25, 0.3) is 5.91 Å². The number of carboxylic acids is 1. The van der Waals surface area contributed by atoms with E-state index in [2.05, 4.69) is 10.0 Å². The standard InChI is InChI=1S/C15H22N2O7S/c1-15(10-24-3,14(19)20)17-13(18)11-4-6-12(7-5-11)25(21,22)16-8-9-23-2/h4-7,16H,8-10H2,1-3H3,(H,17,18)(H,19,20). The van der Waals surface area contributed by atoms with Gasteiger partial charge in [0.2, 0.25) is 10.0 Å². The van der Waals surface area contributed by atoms with Crippen LogP contribution in [0.5, 0.6) is 0 Å². The molecule has 0 aliphatic heterocycles. The lowest BCUT2D eigenvalue weighted by atomic mass is 10.0. The van der Waals surface area contributed by atoms with E-state index in [1.807, 2.05) is 0 Å². The van der Waals surface area contributed by atoms with E-state index in [9.17, 15) is 23.1 Å². The fourth-order valence-electron chi connectivity index (χ4n) is 1.91. The van der Waals surface area contributed by atoms with Crippen molar-refractivity contribution in [1.29, 1.82) is 0 Å². The molecule has 0 bridgehead atoms. The van der Waals surface area contributed by atoms with Crippen LogP contribution >= 0.6 is 0 Å². The highest BCUT2D eigenvalue weighted by Gasteiger charge is 2.35. The minimum absolute atomic E-state index is 0.0157. The van der Waals surface area contributed by atoms with Crippen LogP contribution in [0.1, 0.15) is 17.3 Å². The molecular formula is C15H22N2O7S. The second kappa shape index (κ2) is 8.90. The molecule has 10 heteroatoms. The quantitative estimate of drug-likeness (QED) is 0.485. The van der Waals surface area contributed by atoms with Crippen molar-refractivity contribution in [3.05, 3.63) is 29.8 Å². The highest BCUT2D eigenvalue weighted by atomic mass is 32.2. The number of carboxylic acid groups (broad SMARTS) is 1. The molecule has 9 nitrogen and oxygen atoms in total. The van der Waals surface area contributed by atoms with Crippen LogP contribution in [0.4, 0.5) is 0 Å². The van der Waals surface area contributed by atoms with E-state index >= 15 is 0 Å². The van der Waals surface area contributed by atoms with Gasteiger partial charge in [0.05, 0.1) is 18.1 Å². The molecule has 0 heterocycles. The summed E-state index contributed by atoms with van der Waals surface area (Å²) in [5, 5.41) is 11.6. The lowest BCUT2D eigenvalue weighted by molar-refractivity contribution is -0.145. The van der Waals surface area contributed by atoms with Crippen molar-refractivity contribution in [2.75, 3.05) is 34.0 Å². The Morgan fingerprint density at radius 3 is 2.24 bits per heavy atom. The second-order valence-electron chi connectivity index (χ2n) is 5.44. The zero-order valence-corrected chi connectivity index (χ0v) is 15.1. The van der Waals surface area contributed by atoms with Gasteiger partial charge in [-0.05, 0) is 31.2 Å². The fourth-order valence-corrected chi connectivity index (χ4v) is 2.92. The Labute approximate surface area is 146 Å². The van der Waals surface area contributed by atoms with Crippen molar-refractivity contribution in [3.8, 4) is 0 Å². The number of carbonyl (C=O) groups excluding carboxylic acids is 1. The zero-order chi connectivity index (χ0) is 19.1. The average Bonchev–Trinajstić information content (AvgIpc) is 2.55. The average molecular weight is 374 g/mol. The van der Waals surface area contributed by atoms with Gasteiger partial charge in [-0.1, -0.05) is 0 Å². The maximum atomic E-state index is 12.2. The van der Waals surface area contributed by atoms with E-state index in [4.69, 9.17) is 9.47 Å². The normalized spacial score (nSPS) is 13.9. The maximum Gasteiger partial charge on any atom is 0.331 e. The summed E-state index contributed by atoms with van der Waals surface area (Å²) in [7, 11) is -0.930. The van der Waals surface area contributed by atoms with E-state index in [1.54, 1.807) is 0 Å². The summed E-state index contributed by atoms with van der Waals surface area (Å²) in [4.78, 5) is 23.5. The summed E-state index contributed by atoms with van der Waals surface area (Å²) >= 11 is 0. The predicted octanol–water partition coefficient (Wildman–Crippen LogP) is -0.169. The lowest BCUT2D eigenvalue weighted by Gasteiger charge is -2.25. The summed E-state index contributed by atoms with van der Waals surface area (Å²) in [6.07, 6.45) is 0. The number of hydrogen-bond donors (Lipinski definition) is 3. The Morgan fingerprint density at radius 2 is 1.76 bits per heavy atom. The minimum Gasteiger partial charge on any atom is -0.479 e. The summed E-state index contributed by atoms with van der Waals surface area (Å²) in [5.41, 5.74) is -1.47. The molecule has 0 aromatic heterocycles. The number of sulfonamides is 1. The van der Waals surface area contributed by atoms with E-state index in [-0.39, 0.29) is 30.2 Å². The van der Waals surface area contributed by atoms with E-state index in [0.29, 0.717) is 0 Å². The first kappa shape index (κ1) is 21.0. The van der Waals surface area contributed by atoms with Gasteiger partial charge in [0, 0.05) is 26.3 Å². The first-order valence-corrected chi connectivity index (χ1v) is 8.78. The summed E-state index contributed by atoms with van der Waals surface area (Å²) in [6.45, 7) is 1.45. The number of rotatable bonds is 10. The number of ether oxygens (including phenoxy) is 2. The van der Waals surface area contributed by atoms with Crippen molar-refractivity contribution in [2.24, 2.45) is 0 Å². The molecule has 0 radical (unpaired) electrons. The monoisotopic (exact) mass is 374 g/mol. The predicted molar refractivity (Wildman–Crippen MR) is 88.9 cm³/mol. The third-order valence-electron chi connectivity index (χ3n) is 3.32. The van der Waals surface area contributed by atoms with Crippen LogP contribution in [0.2, 0.25) is 0 Å². The topological polar surface area (TPSA) is 131 Å². The van der Waals surface area contributed by atoms with Crippen molar-refractivity contribution in [3.63, 3.8) is 0 Å². The number of methoxy groups -OCH3 is 2. The van der Waals surface area contributed by atoms with E-state index in [0.717, 1.165) is 0 Å². The van der Waals surface area contributed by atoms with Crippen molar-refractivity contribution >= 4 is 21.9 Å². The third-order valence-corrected chi connectivity index (χ3v) is 4.80. The molecule has 1 aromatic carbocycles. The van der Waals surface area contributed by atoms with Crippen LogP contribution in [0, 0.1) is 0 Å². The molecule has 0 aliphatic carbocycles. The molecule has 1 aromatic rings. The molecule has 0 spiro atoms. The van der Waals surface area contributed by atoms with Gasteiger partial charge in [-0.25, -0.2) is 17.9 Å². The molecule has 1 atom stereocenters. The highest BCUT2D eigenvalue weighted by molar-refractivity contribution is 7.89. The molecule has 1 rings (SSSR count). The van der Waals surface area contributed by atoms with Gasteiger partial charge >= 0.3 is 5.97 Å². The number of hydrogen-bond acceptors (Lipinski definition) is 6. The molecule has 1 unspecified atom stereocenters. The molecule has 0 saturated carbocycles. The van der Waals surface area contributed by atoms with Crippen molar-refractivity contribution in [2.45, 2.75) is 17.4 Å². The van der Waals surface area contributed by atoms with Gasteiger partial charge in [0.15, 0.2) is 5.54 Å². The van der Waals surface area contributed by atoms with Crippen LogP contribution < -0.4 is 10.0 Å². The Morgan fingerprint density at radius 1 is 1.16 bits per heavy atom. The molecular weight excluding hydrogens is 352 g/mol. The van der Waals surface area contributed by atoms with Gasteiger partial charge in [0.1, 0.15) is 0 Å². The van der Waals surface area contributed by atoms with Crippen LogP contribution in [-0.4, -0.2) is 64.9 Å². The molecule has 3 N–H and O–H groups in total. The summed E-state index contributed by atoms with van der Waals surface area (Å²) in [5.74, 6) is -1.90. The SMILES string of the molecule is COCCNS(=O)(=O)c1ccc(C(=O)NC(C)(COC)C(=O)O)cc1. The Bertz CT molecular complexity index is 703. The van der Waals surface area contributed by atoms with Crippen LogP contribution in [-0.2, 0) is 24.3 Å². The number of aliphatic carboxylic acids is 1. The molecule has 1 amide bonds. The number of nitrogens with one attached hydrogen (secondary N) is 2. The lowest BCUT2D eigenvalue weighted by Crippen LogP contribution is -2.55. The van der Waals surface area contributed by atoms with Gasteiger partial charge in [-0.2, -0.15) is 0 Å². The number of amides is 1. The Kier molecular flexibility index (Phi) is 7.49. The minimum atomic E-state index is -3.71. The van der Waals surface area contributed by atoms with Gasteiger partial charge in [-0.3, -0.25) is 4.79 Å². The Hall–Kier alpha value is -2.01. The zero-order valence-electron chi connectivity index (χ0n) is 14.2. The largest absolute Gasteiger partial charge is 0.479 e. The van der Waals surface area contributed by atoms with Crippen molar-refractivity contribution < 1.29 is 32.6 Å². The first-order chi connectivity index (χ1) is 11.7. The second-order valence-corrected chi connectivity index (χ2v) is 7.21. The summed E-state index contributed by atoms with van der Waals surface area (Å²) in [6, 6.07) is 5.13. The Balaban J connectivity index is 2.88. The molecule has 140 valence electrons. The highest BCUT2D eigenvalue weighted by Crippen LogP contribution is 2.12. The first-order valence-electron chi connectivity index (χ1n) is 7.30. The number of benzene rings is 1. The third kappa shape index (κ3) is 5.78. The van der Waals surface area contributed by atoms with E-state index in [1.165, 1.54) is 45.4 Å². The van der Waals surface area contributed by atoms with E-state index < -0.39 is 27.4 Å². The van der Waals surface area contributed by atoms with Gasteiger partial charge in [-0.15, -0.1) is 0 Å². The fraction of sp³-hybridized carbons (Fsp3) is 0.467. The maximum absolute atomic E-state index is 12.2. The van der Waals surface area contributed by atoms with Crippen LogP contribution in [0.15, 0.2) is 29.2 Å². The van der Waals surface area contributed by atoms with Crippen molar-refractivity contribution in [1.82, 2.24) is 10.0 Å².